The second kappa shape index (κ2) is 15.2. The van der Waals surface area contributed by atoms with Crippen molar-refractivity contribution in [3.05, 3.63) is 94.5 Å². The second-order valence-corrected chi connectivity index (χ2v) is 14.3. The minimum atomic E-state index is -3.94. The predicted molar refractivity (Wildman–Crippen MR) is 181 cm³/mol. The Morgan fingerprint density at radius 2 is 1.43 bits per heavy atom. The van der Waals surface area contributed by atoms with E-state index in [2.05, 4.69) is 76.0 Å². The summed E-state index contributed by atoms with van der Waals surface area (Å²) in [6.07, 6.45) is 0.606. The number of piperazine rings is 1. The van der Waals surface area contributed by atoms with Gasteiger partial charge in [-0.05, 0) is 52.1 Å². The summed E-state index contributed by atoms with van der Waals surface area (Å²) in [5.41, 5.74) is 5.69. The van der Waals surface area contributed by atoms with Crippen LogP contribution in [0, 0.1) is 0 Å². The van der Waals surface area contributed by atoms with Crippen molar-refractivity contribution in [1.29, 1.82) is 0 Å². The van der Waals surface area contributed by atoms with Crippen LogP contribution < -0.4 is 9.57 Å². The molecule has 1 heterocycles. The molecule has 0 bridgehead atoms. The van der Waals surface area contributed by atoms with E-state index in [0.717, 1.165) is 61.5 Å². The van der Waals surface area contributed by atoms with Crippen LogP contribution in [-0.4, -0.2) is 63.8 Å². The quantitative estimate of drug-likeness (QED) is 0.166. The van der Waals surface area contributed by atoms with Crippen LogP contribution >= 0.6 is 0 Å². The van der Waals surface area contributed by atoms with Gasteiger partial charge < -0.3 is 9.64 Å². The van der Waals surface area contributed by atoms with Crippen molar-refractivity contribution in [2.24, 2.45) is 5.10 Å². The first kappa shape index (κ1) is 33.7. The summed E-state index contributed by atoms with van der Waals surface area (Å²) >= 11 is 0. The van der Waals surface area contributed by atoms with E-state index in [1.807, 2.05) is 52.0 Å². The van der Waals surface area contributed by atoms with Gasteiger partial charge in [-0.25, -0.2) is 0 Å². The average molecular weight is 619 g/mol. The maximum atomic E-state index is 14.1. The predicted octanol–water partition coefficient (Wildman–Crippen LogP) is 6.96. The highest BCUT2D eigenvalue weighted by Crippen LogP contribution is 2.35. The molecule has 3 aromatic rings. The van der Waals surface area contributed by atoms with E-state index in [1.54, 1.807) is 7.11 Å². The van der Waals surface area contributed by atoms with Crippen molar-refractivity contribution in [2.45, 2.75) is 77.2 Å². The van der Waals surface area contributed by atoms with Gasteiger partial charge in [0, 0.05) is 51.3 Å². The largest absolute Gasteiger partial charge is 0.497 e. The van der Waals surface area contributed by atoms with Crippen LogP contribution in [0.5, 0.6) is 5.75 Å². The van der Waals surface area contributed by atoms with Crippen LogP contribution in [0.3, 0.4) is 0 Å². The first-order valence-electron chi connectivity index (χ1n) is 15.9. The highest BCUT2D eigenvalue weighted by atomic mass is 32.2. The van der Waals surface area contributed by atoms with E-state index in [4.69, 9.17) is 4.74 Å². The van der Waals surface area contributed by atoms with Crippen molar-refractivity contribution < 1.29 is 13.2 Å². The van der Waals surface area contributed by atoms with Gasteiger partial charge in [0.1, 0.15) is 5.75 Å². The molecule has 0 amide bonds. The van der Waals surface area contributed by atoms with Crippen LogP contribution in [-0.2, 0) is 16.6 Å². The zero-order chi connectivity index (χ0) is 31.9. The highest BCUT2D eigenvalue weighted by Gasteiger charge is 2.27. The Balaban J connectivity index is 1.57. The van der Waals surface area contributed by atoms with E-state index >= 15 is 0 Å². The Morgan fingerprint density at radius 3 is 2.00 bits per heavy atom. The van der Waals surface area contributed by atoms with Gasteiger partial charge in [0.05, 0.1) is 17.7 Å². The normalized spacial score (nSPS) is 15.4. The summed E-state index contributed by atoms with van der Waals surface area (Å²) in [5.74, 6) is 1.09. The topological polar surface area (TPSA) is 74.2 Å². The molecule has 1 N–H and O–H groups in total. The molecule has 1 fully saturated rings. The molecule has 3 aromatic carbocycles. The molecule has 1 aliphatic heterocycles. The number of nitrogens with one attached hydrogen (secondary N) is 1. The van der Waals surface area contributed by atoms with E-state index in [1.165, 1.54) is 5.56 Å². The smallest absolute Gasteiger partial charge is 0.277 e. The van der Waals surface area contributed by atoms with Crippen molar-refractivity contribution in [3.63, 3.8) is 0 Å². The second-order valence-electron chi connectivity index (χ2n) is 12.7. The maximum Gasteiger partial charge on any atom is 0.277 e. The van der Waals surface area contributed by atoms with Gasteiger partial charge in [0.25, 0.3) is 10.0 Å². The van der Waals surface area contributed by atoms with Gasteiger partial charge >= 0.3 is 0 Å². The summed E-state index contributed by atoms with van der Waals surface area (Å²) in [5, 5.41) is 4.62. The molecule has 1 saturated heterocycles. The monoisotopic (exact) mass is 618 g/mol. The zero-order valence-corrected chi connectivity index (χ0v) is 28.3. The summed E-state index contributed by atoms with van der Waals surface area (Å²) in [4.78, 5) is 7.94. The lowest BCUT2D eigenvalue weighted by atomic mass is 9.89. The Bertz CT molecular complexity index is 1480. The van der Waals surface area contributed by atoms with Gasteiger partial charge in [-0.3, -0.25) is 4.90 Å². The van der Waals surface area contributed by atoms with Gasteiger partial charge in [0.2, 0.25) is 0 Å². The molecule has 0 saturated carbocycles. The van der Waals surface area contributed by atoms with Crippen LogP contribution in [0.25, 0.3) is 0 Å². The number of hydrogen-bond donors (Lipinski definition) is 1. The summed E-state index contributed by atoms with van der Waals surface area (Å²) in [6, 6.07) is 22.4. The van der Waals surface area contributed by atoms with Crippen molar-refractivity contribution in [1.82, 2.24) is 14.6 Å². The maximum absolute atomic E-state index is 14.1. The lowest BCUT2D eigenvalue weighted by Crippen LogP contribution is -2.46. The molecule has 0 atom stereocenters. The lowest BCUT2D eigenvalue weighted by Gasteiger charge is -2.34. The molecular weight excluding hydrogens is 568 g/mol. The van der Waals surface area contributed by atoms with Crippen molar-refractivity contribution >= 4 is 15.7 Å². The third kappa shape index (κ3) is 8.71. The minimum Gasteiger partial charge on any atom is -0.497 e. The number of rotatable bonds is 13. The summed E-state index contributed by atoms with van der Waals surface area (Å²) < 4.78 is 33.6. The Labute approximate surface area is 265 Å². The molecule has 8 heteroatoms. The molecular formula is C36H50N4O3S. The number of hydrogen-bond acceptors (Lipinski definition) is 6. The van der Waals surface area contributed by atoms with Crippen LogP contribution in [0.1, 0.15) is 93.5 Å². The molecule has 0 aromatic heterocycles. The van der Waals surface area contributed by atoms with E-state index in [-0.39, 0.29) is 11.8 Å². The molecule has 0 radical (unpaired) electrons. The first-order valence-corrected chi connectivity index (χ1v) is 17.4. The number of sulfonamides is 1. The molecule has 1 aliphatic rings. The minimum absolute atomic E-state index is 0.0418. The fourth-order valence-corrected chi connectivity index (χ4v) is 7.24. The van der Waals surface area contributed by atoms with Gasteiger partial charge in [-0.2, -0.15) is 18.4 Å². The number of methoxy groups -OCH3 is 1. The standard InChI is InChI=1S/C36H50N4O3S/c1-26(2)31-23-33(27(3)4)36(34(24-31)28(5)6)44(41,42)38-37-35(30-14-11-15-32(22-30)43-7)16-17-39-18-20-40(21-19-39)25-29-12-9-8-10-13-29/h8-15,22-24,26-28,38H,16-21,25H2,1-7H3. The van der Waals surface area contributed by atoms with E-state index in [0.29, 0.717) is 28.7 Å². The van der Waals surface area contributed by atoms with Crippen molar-refractivity contribution in [2.75, 3.05) is 39.8 Å². The zero-order valence-electron chi connectivity index (χ0n) is 27.5. The molecule has 0 spiro atoms. The number of nitrogens with zero attached hydrogens (tertiary/aromatic N) is 3. The van der Waals surface area contributed by atoms with Crippen LogP contribution in [0.4, 0.5) is 0 Å². The average Bonchev–Trinajstić information content (AvgIpc) is 3.01. The first-order chi connectivity index (χ1) is 21.0. The van der Waals surface area contributed by atoms with E-state index in [9.17, 15) is 8.42 Å². The number of hydrazone groups is 1. The number of benzene rings is 3. The Hall–Kier alpha value is -3.20. The Morgan fingerprint density at radius 1 is 0.818 bits per heavy atom. The third-order valence-corrected chi connectivity index (χ3v) is 9.77. The highest BCUT2D eigenvalue weighted by molar-refractivity contribution is 7.89. The van der Waals surface area contributed by atoms with Gasteiger partial charge in [-0.1, -0.05) is 96.1 Å². The SMILES string of the molecule is COc1cccc(C(CCN2CCN(Cc3ccccc3)CC2)=NNS(=O)(=O)c2c(C(C)C)cc(C(C)C)cc2C(C)C)c1. The summed E-state index contributed by atoms with van der Waals surface area (Å²) in [6.45, 7) is 18.1. The molecule has 4 rings (SSSR count). The van der Waals surface area contributed by atoms with E-state index < -0.39 is 10.0 Å². The summed E-state index contributed by atoms with van der Waals surface area (Å²) in [7, 11) is -2.31. The van der Waals surface area contributed by atoms with Crippen LogP contribution in [0.2, 0.25) is 0 Å². The van der Waals surface area contributed by atoms with Crippen LogP contribution in [0.15, 0.2) is 76.7 Å². The van der Waals surface area contributed by atoms with Crippen molar-refractivity contribution in [3.8, 4) is 5.75 Å². The third-order valence-electron chi connectivity index (χ3n) is 8.43. The molecule has 7 nitrogen and oxygen atoms in total. The molecule has 238 valence electrons. The van der Waals surface area contributed by atoms with Gasteiger partial charge in [0.15, 0.2) is 0 Å². The van der Waals surface area contributed by atoms with Gasteiger partial charge in [-0.15, -0.1) is 0 Å². The fraction of sp³-hybridized carbons (Fsp3) is 0.472. The number of ether oxygens (including phenoxy) is 1. The fourth-order valence-electron chi connectivity index (χ4n) is 5.70. The molecule has 44 heavy (non-hydrogen) atoms. The Kier molecular flexibility index (Phi) is 11.6. The lowest BCUT2D eigenvalue weighted by molar-refractivity contribution is 0.129. The molecule has 0 unspecified atom stereocenters. The molecule has 0 aliphatic carbocycles.